The van der Waals surface area contributed by atoms with Crippen molar-refractivity contribution in [3.05, 3.63) is 96.6 Å². The van der Waals surface area contributed by atoms with Gasteiger partial charge < -0.3 is 0 Å². The van der Waals surface area contributed by atoms with Gasteiger partial charge in [0.15, 0.2) is 0 Å². The van der Waals surface area contributed by atoms with Gasteiger partial charge in [0.25, 0.3) is 5.91 Å². The Kier molecular flexibility index (Phi) is 4.81. The maximum absolute atomic E-state index is 13.0. The molecule has 1 heterocycles. The van der Waals surface area contributed by atoms with E-state index < -0.39 is 4.75 Å². The highest BCUT2D eigenvalue weighted by Gasteiger charge is 2.50. The first-order valence-electron chi connectivity index (χ1n) is 7.91. The van der Waals surface area contributed by atoms with Gasteiger partial charge in [-0.15, -0.1) is 0 Å². The second-order valence-corrected chi connectivity index (χ2v) is 6.94. The van der Waals surface area contributed by atoms with Crippen LogP contribution in [0.25, 0.3) is 0 Å². The molecular formula is C21H19NOS. The molecular weight excluding hydrogens is 314 g/mol. The maximum atomic E-state index is 13.0. The first kappa shape index (κ1) is 16.5. The van der Waals surface area contributed by atoms with E-state index in [1.165, 1.54) is 0 Å². The minimum atomic E-state index is -0.730. The van der Waals surface area contributed by atoms with E-state index in [0.717, 1.165) is 16.2 Å². The second-order valence-electron chi connectivity index (χ2n) is 5.70. The molecule has 2 aromatic rings. The van der Waals surface area contributed by atoms with Crippen molar-refractivity contribution < 1.29 is 4.79 Å². The smallest absolute Gasteiger partial charge is 0.268 e. The standard InChI is InChI=1S/C21H19NOS/c1-3-4-11-16(2)21(18-14-9-6-10-15-18)20(23)22-19(24-21)17-12-7-5-8-13-17/h3-16H,1H2,2H3/b11-4+/t16-,21+/m1/s1. The molecule has 3 heteroatoms. The molecule has 24 heavy (non-hydrogen) atoms. The van der Waals surface area contributed by atoms with E-state index in [2.05, 4.69) is 18.5 Å². The summed E-state index contributed by atoms with van der Waals surface area (Å²) in [5.41, 5.74) is 1.96. The zero-order valence-electron chi connectivity index (χ0n) is 13.6. The van der Waals surface area contributed by atoms with Crippen molar-refractivity contribution in [3.63, 3.8) is 0 Å². The molecule has 0 saturated heterocycles. The second kappa shape index (κ2) is 7.02. The molecule has 3 rings (SSSR count). The van der Waals surface area contributed by atoms with Crippen LogP contribution >= 0.6 is 11.8 Å². The molecule has 2 atom stereocenters. The van der Waals surface area contributed by atoms with Gasteiger partial charge >= 0.3 is 0 Å². The van der Waals surface area contributed by atoms with Gasteiger partial charge in [-0.2, -0.15) is 0 Å². The Hall–Kier alpha value is -2.39. The molecule has 1 aliphatic rings. The van der Waals surface area contributed by atoms with Gasteiger partial charge in [-0.3, -0.25) is 4.79 Å². The predicted molar refractivity (Wildman–Crippen MR) is 102 cm³/mol. The van der Waals surface area contributed by atoms with Crippen molar-refractivity contribution in [1.29, 1.82) is 0 Å². The van der Waals surface area contributed by atoms with Crippen LogP contribution in [0.5, 0.6) is 0 Å². The molecule has 0 aromatic heterocycles. The van der Waals surface area contributed by atoms with E-state index in [0.29, 0.717) is 0 Å². The van der Waals surface area contributed by atoms with E-state index >= 15 is 0 Å². The minimum Gasteiger partial charge on any atom is -0.271 e. The average Bonchev–Trinajstić information content (AvgIpc) is 2.99. The summed E-state index contributed by atoms with van der Waals surface area (Å²) < 4.78 is -0.730. The summed E-state index contributed by atoms with van der Waals surface area (Å²) in [6.07, 6.45) is 5.65. The summed E-state index contributed by atoms with van der Waals surface area (Å²) >= 11 is 1.55. The SMILES string of the molecule is C=C/C=C/[C@@H](C)[C@@]1(c2ccccc2)SC(c2ccccc2)=NC1=O. The third kappa shape index (κ3) is 2.87. The quantitative estimate of drug-likeness (QED) is 0.722. The van der Waals surface area contributed by atoms with Crippen molar-refractivity contribution in [3.8, 4) is 0 Å². The summed E-state index contributed by atoms with van der Waals surface area (Å²) in [7, 11) is 0. The fraction of sp³-hybridized carbons (Fsp3) is 0.143. The number of rotatable bonds is 5. The number of hydrogen-bond donors (Lipinski definition) is 0. The number of amides is 1. The Bertz CT molecular complexity index is 795. The van der Waals surface area contributed by atoms with Crippen LogP contribution in [0.3, 0.4) is 0 Å². The van der Waals surface area contributed by atoms with Crippen molar-refractivity contribution in [2.45, 2.75) is 11.7 Å². The monoisotopic (exact) mass is 333 g/mol. The van der Waals surface area contributed by atoms with Gasteiger partial charge in [0.1, 0.15) is 9.79 Å². The van der Waals surface area contributed by atoms with Crippen molar-refractivity contribution in [2.75, 3.05) is 0 Å². The molecule has 0 aliphatic carbocycles. The third-order valence-electron chi connectivity index (χ3n) is 4.18. The van der Waals surface area contributed by atoms with E-state index in [-0.39, 0.29) is 11.8 Å². The van der Waals surface area contributed by atoms with Crippen LogP contribution < -0.4 is 0 Å². The number of benzene rings is 2. The van der Waals surface area contributed by atoms with E-state index in [4.69, 9.17) is 0 Å². The van der Waals surface area contributed by atoms with Crippen LogP contribution in [0.4, 0.5) is 0 Å². The Morgan fingerprint density at radius 3 is 2.33 bits per heavy atom. The lowest BCUT2D eigenvalue weighted by Crippen LogP contribution is -2.34. The molecule has 0 bridgehead atoms. The van der Waals surface area contributed by atoms with Crippen molar-refractivity contribution in [1.82, 2.24) is 0 Å². The Morgan fingerprint density at radius 2 is 1.71 bits per heavy atom. The molecule has 0 saturated carbocycles. The summed E-state index contributed by atoms with van der Waals surface area (Å²) in [6.45, 7) is 5.79. The molecule has 1 aliphatic heterocycles. The highest BCUT2D eigenvalue weighted by Crippen LogP contribution is 2.50. The van der Waals surface area contributed by atoms with Crippen LogP contribution in [0.15, 0.2) is 90.5 Å². The normalized spacial score (nSPS) is 21.7. The first-order chi connectivity index (χ1) is 11.7. The van der Waals surface area contributed by atoms with Gasteiger partial charge in [0.2, 0.25) is 0 Å². The maximum Gasteiger partial charge on any atom is 0.268 e. The Labute approximate surface area is 147 Å². The zero-order chi connectivity index (χ0) is 17.0. The largest absolute Gasteiger partial charge is 0.271 e. The lowest BCUT2D eigenvalue weighted by Gasteiger charge is -2.30. The van der Waals surface area contributed by atoms with Gasteiger partial charge in [-0.25, -0.2) is 4.99 Å². The Balaban J connectivity index is 2.06. The molecule has 2 aromatic carbocycles. The number of nitrogens with zero attached hydrogens (tertiary/aromatic N) is 1. The summed E-state index contributed by atoms with van der Waals surface area (Å²) in [6, 6.07) is 19.8. The lowest BCUT2D eigenvalue weighted by atomic mass is 9.85. The highest BCUT2D eigenvalue weighted by atomic mass is 32.2. The number of thioether (sulfide) groups is 1. The first-order valence-corrected chi connectivity index (χ1v) is 8.72. The van der Waals surface area contributed by atoms with Gasteiger partial charge in [-0.05, 0) is 5.56 Å². The fourth-order valence-corrected chi connectivity index (χ4v) is 4.24. The number of carbonyl (C=O) groups is 1. The molecule has 0 spiro atoms. The third-order valence-corrected chi connectivity index (χ3v) is 5.80. The lowest BCUT2D eigenvalue weighted by molar-refractivity contribution is -0.120. The summed E-state index contributed by atoms with van der Waals surface area (Å²) in [5, 5.41) is 0.781. The zero-order valence-corrected chi connectivity index (χ0v) is 14.4. The van der Waals surface area contributed by atoms with Crippen LogP contribution in [-0.2, 0) is 9.54 Å². The van der Waals surface area contributed by atoms with Crippen LogP contribution in [0, 0.1) is 5.92 Å². The average molecular weight is 333 g/mol. The molecule has 2 nitrogen and oxygen atoms in total. The molecule has 120 valence electrons. The summed E-state index contributed by atoms with van der Waals surface area (Å²) in [5.74, 6) is -0.112. The van der Waals surface area contributed by atoms with E-state index in [9.17, 15) is 4.79 Å². The van der Waals surface area contributed by atoms with Crippen LogP contribution in [0.2, 0.25) is 0 Å². The van der Waals surface area contributed by atoms with Crippen LogP contribution in [-0.4, -0.2) is 11.0 Å². The summed E-state index contributed by atoms with van der Waals surface area (Å²) in [4.78, 5) is 17.4. The minimum absolute atomic E-state index is 0.0136. The van der Waals surface area contributed by atoms with Crippen LogP contribution in [0.1, 0.15) is 18.1 Å². The van der Waals surface area contributed by atoms with Gasteiger partial charge in [0.05, 0.1) is 0 Å². The molecule has 1 amide bonds. The van der Waals surface area contributed by atoms with E-state index in [1.54, 1.807) is 17.8 Å². The van der Waals surface area contributed by atoms with Crippen molar-refractivity contribution in [2.24, 2.45) is 10.9 Å². The molecule has 0 radical (unpaired) electrons. The predicted octanol–water partition coefficient (Wildman–Crippen LogP) is 4.98. The molecule has 0 N–H and O–H groups in total. The van der Waals surface area contributed by atoms with Crippen molar-refractivity contribution >= 4 is 22.7 Å². The number of allylic oxidation sites excluding steroid dienone is 3. The highest BCUT2D eigenvalue weighted by molar-refractivity contribution is 8.16. The Morgan fingerprint density at radius 1 is 1.08 bits per heavy atom. The topological polar surface area (TPSA) is 29.4 Å². The molecule has 0 fully saturated rings. The van der Waals surface area contributed by atoms with E-state index in [1.807, 2.05) is 72.8 Å². The number of carbonyl (C=O) groups excluding carboxylic acids is 1. The van der Waals surface area contributed by atoms with Gasteiger partial charge in [-0.1, -0.05) is 104 Å². The fourth-order valence-electron chi connectivity index (χ4n) is 2.90. The molecule has 0 unspecified atom stereocenters. The number of hydrogen-bond acceptors (Lipinski definition) is 2. The van der Waals surface area contributed by atoms with Gasteiger partial charge in [0, 0.05) is 11.5 Å². The number of aliphatic imine (C=N–C) groups is 1.